The van der Waals surface area contributed by atoms with Crippen molar-refractivity contribution in [2.75, 3.05) is 50.2 Å². The van der Waals surface area contributed by atoms with Crippen LogP contribution in [0.2, 0.25) is 0 Å². The minimum absolute atomic E-state index is 0.567. The Balaban J connectivity index is 1.50. The van der Waals surface area contributed by atoms with Crippen molar-refractivity contribution >= 4 is 11.6 Å². The third-order valence-electron chi connectivity index (χ3n) is 5.43. The van der Waals surface area contributed by atoms with Gasteiger partial charge in [-0.15, -0.1) is 0 Å². The van der Waals surface area contributed by atoms with Crippen molar-refractivity contribution in [3.63, 3.8) is 0 Å². The fraction of sp³-hybridized carbons (Fsp3) is 0.304. The van der Waals surface area contributed by atoms with Gasteiger partial charge in [-0.1, -0.05) is 6.07 Å². The van der Waals surface area contributed by atoms with E-state index in [1.807, 2.05) is 28.0 Å². The summed E-state index contributed by atoms with van der Waals surface area (Å²) in [6.07, 6.45) is -2.66. The van der Waals surface area contributed by atoms with E-state index >= 15 is 0 Å². The second-order valence-corrected chi connectivity index (χ2v) is 7.33. The number of ether oxygens (including phenoxy) is 2. The number of alkyl halides is 3. The van der Waals surface area contributed by atoms with E-state index in [0.29, 0.717) is 49.3 Å². The fourth-order valence-electron chi connectivity index (χ4n) is 3.70. The molecule has 0 atom stereocenters. The molecule has 4 rings (SSSR count). The summed E-state index contributed by atoms with van der Waals surface area (Å²) in [5.74, 6) is 1.90. The van der Waals surface area contributed by atoms with Crippen LogP contribution in [-0.2, 0) is 6.18 Å². The van der Waals surface area contributed by atoms with Crippen LogP contribution in [0, 0.1) is 0 Å². The van der Waals surface area contributed by atoms with Gasteiger partial charge in [0, 0.05) is 49.7 Å². The molecule has 0 unspecified atom stereocenters. The molecule has 168 valence electrons. The molecule has 0 saturated carbocycles. The molecule has 0 amide bonds. The van der Waals surface area contributed by atoms with Gasteiger partial charge >= 0.3 is 6.18 Å². The van der Waals surface area contributed by atoms with E-state index in [2.05, 4.69) is 4.98 Å². The third-order valence-corrected chi connectivity index (χ3v) is 5.43. The second-order valence-electron chi connectivity index (χ2n) is 7.33. The average molecular weight is 444 g/mol. The summed E-state index contributed by atoms with van der Waals surface area (Å²) < 4.78 is 49.8. The maximum Gasteiger partial charge on any atom is 0.416 e. The topological polar surface area (TPSA) is 50.7 Å². The molecule has 1 aromatic heterocycles. The Labute approximate surface area is 184 Å². The smallest absolute Gasteiger partial charge is 0.416 e. The molecule has 9 heteroatoms. The first-order valence-corrected chi connectivity index (χ1v) is 10.1. The first kappa shape index (κ1) is 21.7. The largest absolute Gasteiger partial charge is 0.497 e. The predicted octanol–water partition coefficient (Wildman–Crippen LogP) is 4.51. The van der Waals surface area contributed by atoms with Crippen molar-refractivity contribution in [1.82, 2.24) is 9.97 Å². The van der Waals surface area contributed by atoms with Crippen LogP contribution >= 0.6 is 0 Å². The number of anilines is 2. The van der Waals surface area contributed by atoms with Crippen LogP contribution < -0.4 is 19.3 Å². The van der Waals surface area contributed by atoms with E-state index in [4.69, 9.17) is 14.5 Å². The highest BCUT2D eigenvalue weighted by atomic mass is 19.4. The van der Waals surface area contributed by atoms with Gasteiger partial charge in [0.1, 0.15) is 11.5 Å². The van der Waals surface area contributed by atoms with Gasteiger partial charge in [0.05, 0.1) is 25.5 Å². The number of methoxy groups -OCH3 is 2. The second kappa shape index (κ2) is 8.94. The lowest BCUT2D eigenvalue weighted by atomic mass is 10.1. The third kappa shape index (κ3) is 4.56. The number of benzene rings is 2. The first-order chi connectivity index (χ1) is 15.4. The molecule has 1 fully saturated rings. The number of halogens is 3. The molecule has 0 N–H and O–H groups in total. The summed E-state index contributed by atoms with van der Waals surface area (Å²) in [7, 11) is 3.18. The maximum atomic E-state index is 13.0. The molecule has 3 aromatic rings. The lowest BCUT2D eigenvalue weighted by molar-refractivity contribution is -0.137. The average Bonchev–Trinajstić information content (AvgIpc) is 2.83. The Morgan fingerprint density at radius 1 is 0.875 bits per heavy atom. The zero-order valence-corrected chi connectivity index (χ0v) is 17.8. The van der Waals surface area contributed by atoms with Crippen LogP contribution in [0.4, 0.5) is 24.8 Å². The molecule has 1 saturated heterocycles. The number of rotatable bonds is 5. The number of hydrogen-bond acceptors (Lipinski definition) is 6. The Hall–Kier alpha value is -3.49. The lowest BCUT2D eigenvalue weighted by Crippen LogP contribution is -2.47. The van der Waals surface area contributed by atoms with E-state index in [-0.39, 0.29) is 0 Å². The van der Waals surface area contributed by atoms with E-state index in [0.717, 1.165) is 17.3 Å². The van der Waals surface area contributed by atoms with Crippen molar-refractivity contribution in [2.45, 2.75) is 6.18 Å². The molecule has 0 radical (unpaired) electrons. The number of piperazine rings is 1. The molecule has 6 nitrogen and oxygen atoms in total. The van der Waals surface area contributed by atoms with Crippen LogP contribution in [-0.4, -0.2) is 50.4 Å². The summed E-state index contributed by atoms with van der Waals surface area (Å²) in [6.45, 7) is 2.33. The number of aromatic nitrogens is 2. The van der Waals surface area contributed by atoms with Gasteiger partial charge in [0.25, 0.3) is 0 Å². The molecule has 0 aliphatic carbocycles. The lowest BCUT2D eigenvalue weighted by Gasteiger charge is -2.36. The highest BCUT2D eigenvalue weighted by molar-refractivity contribution is 5.69. The van der Waals surface area contributed by atoms with Gasteiger partial charge < -0.3 is 19.3 Å². The highest BCUT2D eigenvalue weighted by Gasteiger charge is 2.31. The van der Waals surface area contributed by atoms with Crippen molar-refractivity contribution in [1.29, 1.82) is 0 Å². The standard InChI is InChI=1S/C23H23F3N4O2/c1-31-18-6-7-19(21(15-18)32-2)20-8-9-27-22(28-20)30-12-10-29(11-13-30)17-5-3-4-16(14-17)23(24,25)26/h3-9,14-15H,10-13H2,1-2H3. The first-order valence-electron chi connectivity index (χ1n) is 10.1. The predicted molar refractivity (Wildman–Crippen MR) is 116 cm³/mol. The van der Waals surface area contributed by atoms with Gasteiger partial charge in [0.15, 0.2) is 0 Å². The van der Waals surface area contributed by atoms with Crippen LogP contribution in [0.1, 0.15) is 5.56 Å². The summed E-state index contributed by atoms with van der Waals surface area (Å²) in [5.41, 5.74) is 1.47. The van der Waals surface area contributed by atoms with Crippen molar-refractivity contribution in [2.24, 2.45) is 0 Å². The van der Waals surface area contributed by atoms with E-state index in [1.165, 1.54) is 12.1 Å². The molecule has 0 spiro atoms. The summed E-state index contributed by atoms with van der Waals surface area (Å²) in [4.78, 5) is 13.1. The van der Waals surface area contributed by atoms with Crippen molar-refractivity contribution in [3.8, 4) is 22.8 Å². The summed E-state index contributed by atoms with van der Waals surface area (Å²) in [5, 5.41) is 0. The Bertz CT molecular complexity index is 1080. The Morgan fingerprint density at radius 2 is 1.62 bits per heavy atom. The van der Waals surface area contributed by atoms with Crippen LogP contribution in [0.5, 0.6) is 11.5 Å². The molecule has 2 aromatic carbocycles. The molecule has 2 heterocycles. The molecular formula is C23H23F3N4O2. The highest BCUT2D eigenvalue weighted by Crippen LogP contribution is 2.34. The van der Waals surface area contributed by atoms with Crippen LogP contribution in [0.3, 0.4) is 0 Å². The van der Waals surface area contributed by atoms with Gasteiger partial charge in [0.2, 0.25) is 5.95 Å². The molecule has 32 heavy (non-hydrogen) atoms. The monoisotopic (exact) mass is 444 g/mol. The van der Waals surface area contributed by atoms with Crippen LogP contribution in [0.15, 0.2) is 54.7 Å². The Morgan fingerprint density at radius 3 is 2.31 bits per heavy atom. The van der Waals surface area contributed by atoms with Gasteiger partial charge in [-0.2, -0.15) is 13.2 Å². The van der Waals surface area contributed by atoms with E-state index in [9.17, 15) is 13.2 Å². The minimum atomic E-state index is -4.35. The van der Waals surface area contributed by atoms with Gasteiger partial charge in [-0.05, 0) is 36.4 Å². The van der Waals surface area contributed by atoms with Crippen molar-refractivity contribution in [3.05, 3.63) is 60.3 Å². The van der Waals surface area contributed by atoms with E-state index < -0.39 is 11.7 Å². The molecule has 1 aliphatic heterocycles. The fourth-order valence-corrected chi connectivity index (χ4v) is 3.70. The Kier molecular flexibility index (Phi) is 6.07. The number of nitrogens with zero attached hydrogens (tertiary/aromatic N) is 4. The number of hydrogen-bond donors (Lipinski definition) is 0. The van der Waals surface area contributed by atoms with E-state index in [1.54, 1.807) is 32.5 Å². The van der Waals surface area contributed by atoms with Crippen molar-refractivity contribution < 1.29 is 22.6 Å². The minimum Gasteiger partial charge on any atom is -0.497 e. The summed E-state index contributed by atoms with van der Waals surface area (Å²) in [6, 6.07) is 12.8. The molecule has 1 aliphatic rings. The zero-order chi connectivity index (χ0) is 22.7. The van der Waals surface area contributed by atoms with Gasteiger partial charge in [-0.25, -0.2) is 9.97 Å². The quantitative estimate of drug-likeness (QED) is 0.577. The van der Waals surface area contributed by atoms with Crippen LogP contribution in [0.25, 0.3) is 11.3 Å². The molecule has 0 bridgehead atoms. The van der Waals surface area contributed by atoms with Gasteiger partial charge in [-0.3, -0.25) is 0 Å². The SMILES string of the molecule is COc1ccc(-c2ccnc(N3CCN(c4cccc(C(F)(F)F)c4)CC3)n2)c(OC)c1. The normalized spacial score (nSPS) is 14.4. The zero-order valence-electron chi connectivity index (χ0n) is 17.8. The maximum absolute atomic E-state index is 13.0. The summed E-state index contributed by atoms with van der Waals surface area (Å²) >= 11 is 0. The molecular weight excluding hydrogens is 421 g/mol.